The number of carbonyl (C=O) groups excluding carboxylic acids is 2. The molecule has 0 heterocycles. The molecule has 0 aliphatic heterocycles. The lowest BCUT2D eigenvalue weighted by Crippen LogP contribution is -2.53. The fourth-order valence-corrected chi connectivity index (χ4v) is 6.88. The van der Waals surface area contributed by atoms with Gasteiger partial charge in [0.15, 0.2) is 11.5 Å². The molecule has 11 heteroatoms. The fraction of sp³-hybridized carbons (Fsp3) is 0.257. The fourth-order valence-electron chi connectivity index (χ4n) is 5.02. The molecule has 4 aromatic rings. The highest BCUT2D eigenvalue weighted by Gasteiger charge is 2.35. The second kappa shape index (κ2) is 15.8. The van der Waals surface area contributed by atoms with Crippen molar-refractivity contribution in [2.45, 2.75) is 37.8 Å². The normalized spacial score (nSPS) is 11.8. The van der Waals surface area contributed by atoms with E-state index in [0.29, 0.717) is 18.0 Å². The molecule has 0 aromatic heterocycles. The minimum absolute atomic E-state index is 0.0174. The molecular formula is C35H38BrN3O6S. The van der Waals surface area contributed by atoms with Gasteiger partial charge in [-0.2, -0.15) is 0 Å². The molecule has 4 rings (SSSR count). The van der Waals surface area contributed by atoms with Crippen LogP contribution < -0.4 is 19.1 Å². The van der Waals surface area contributed by atoms with Gasteiger partial charge in [0.25, 0.3) is 10.0 Å². The summed E-state index contributed by atoms with van der Waals surface area (Å²) in [6.45, 7) is 3.52. The number of likely N-dealkylation sites (N-methyl/N-ethyl adjacent to an activating group) is 1. The first-order chi connectivity index (χ1) is 22.1. The van der Waals surface area contributed by atoms with Crippen molar-refractivity contribution in [2.75, 3.05) is 31.6 Å². The third kappa shape index (κ3) is 8.46. The molecule has 0 radical (unpaired) electrons. The van der Waals surface area contributed by atoms with Crippen molar-refractivity contribution in [2.24, 2.45) is 0 Å². The van der Waals surface area contributed by atoms with E-state index in [1.54, 1.807) is 24.3 Å². The topological polar surface area (TPSA) is 105 Å². The SMILES string of the molecule is CCNC(=O)C(Cc1ccccc1)N(Cc1cccc(Br)c1)C(=O)CN(c1ccc(OC)c(OC)c1)S(=O)(=O)c1ccc(C)cc1. The monoisotopic (exact) mass is 707 g/mol. The molecule has 0 spiro atoms. The van der Waals surface area contributed by atoms with Gasteiger partial charge >= 0.3 is 0 Å². The number of benzene rings is 4. The number of halogens is 1. The second-order valence-electron chi connectivity index (χ2n) is 10.6. The van der Waals surface area contributed by atoms with Crippen molar-refractivity contribution in [3.63, 3.8) is 0 Å². The van der Waals surface area contributed by atoms with Crippen LogP contribution in [0.3, 0.4) is 0 Å². The molecule has 2 amide bonds. The molecule has 0 aliphatic carbocycles. The number of aryl methyl sites for hydroxylation is 1. The van der Waals surface area contributed by atoms with E-state index in [0.717, 1.165) is 25.5 Å². The van der Waals surface area contributed by atoms with Gasteiger partial charge in [-0.15, -0.1) is 0 Å². The van der Waals surface area contributed by atoms with Crippen LogP contribution in [0.2, 0.25) is 0 Å². The highest BCUT2D eigenvalue weighted by molar-refractivity contribution is 9.10. The first-order valence-corrected chi connectivity index (χ1v) is 17.0. The Balaban J connectivity index is 1.83. The van der Waals surface area contributed by atoms with Gasteiger partial charge in [-0.3, -0.25) is 13.9 Å². The Morgan fingerprint density at radius 3 is 2.15 bits per heavy atom. The van der Waals surface area contributed by atoms with E-state index in [1.807, 2.05) is 68.4 Å². The number of ether oxygens (including phenoxy) is 2. The van der Waals surface area contributed by atoms with E-state index >= 15 is 0 Å². The molecule has 1 atom stereocenters. The number of rotatable bonds is 14. The van der Waals surface area contributed by atoms with E-state index in [4.69, 9.17) is 9.47 Å². The summed E-state index contributed by atoms with van der Waals surface area (Å²) in [6.07, 6.45) is 0.230. The van der Waals surface area contributed by atoms with Crippen molar-refractivity contribution in [3.8, 4) is 11.5 Å². The third-order valence-electron chi connectivity index (χ3n) is 7.41. The minimum atomic E-state index is -4.26. The predicted molar refractivity (Wildman–Crippen MR) is 183 cm³/mol. The zero-order chi connectivity index (χ0) is 33.3. The van der Waals surface area contributed by atoms with Gasteiger partial charge in [0.05, 0.1) is 24.8 Å². The third-order valence-corrected chi connectivity index (χ3v) is 9.69. The predicted octanol–water partition coefficient (Wildman–Crippen LogP) is 5.75. The van der Waals surface area contributed by atoms with Crippen molar-refractivity contribution in [1.82, 2.24) is 10.2 Å². The molecule has 1 unspecified atom stereocenters. The van der Waals surface area contributed by atoms with E-state index in [9.17, 15) is 18.0 Å². The van der Waals surface area contributed by atoms with Crippen molar-refractivity contribution < 1.29 is 27.5 Å². The maximum atomic E-state index is 14.5. The number of carbonyl (C=O) groups is 2. The number of methoxy groups -OCH3 is 2. The Morgan fingerprint density at radius 1 is 0.848 bits per heavy atom. The number of amides is 2. The van der Waals surface area contributed by atoms with Crippen LogP contribution in [0.1, 0.15) is 23.6 Å². The molecule has 242 valence electrons. The number of nitrogens with one attached hydrogen (secondary N) is 1. The minimum Gasteiger partial charge on any atom is -0.493 e. The number of hydrogen-bond acceptors (Lipinski definition) is 6. The maximum Gasteiger partial charge on any atom is 0.264 e. The summed E-state index contributed by atoms with van der Waals surface area (Å²) < 4.78 is 41.2. The van der Waals surface area contributed by atoms with Crippen LogP contribution in [0.15, 0.2) is 106 Å². The Labute approximate surface area is 279 Å². The molecule has 0 saturated carbocycles. The lowest BCUT2D eigenvalue weighted by atomic mass is 10.0. The maximum absolute atomic E-state index is 14.5. The molecule has 0 bridgehead atoms. The Bertz CT molecular complexity index is 1750. The van der Waals surface area contributed by atoms with E-state index < -0.39 is 28.5 Å². The lowest BCUT2D eigenvalue weighted by Gasteiger charge is -2.34. The summed E-state index contributed by atoms with van der Waals surface area (Å²) in [4.78, 5) is 29.6. The van der Waals surface area contributed by atoms with Crippen LogP contribution in [0.25, 0.3) is 0 Å². The molecule has 0 aliphatic rings. The smallest absolute Gasteiger partial charge is 0.264 e. The zero-order valence-corrected chi connectivity index (χ0v) is 28.7. The summed E-state index contributed by atoms with van der Waals surface area (Å²) in [5.41, 5.74) is 2.71. The van der Waals surface area contributed by atoms with E-state index in [1.165, 1.54) is 37.3 Å². The standard InChI is InChI=1S/C35H38BrN3O6S/c1-5-37-35(41)31(21-26-10-7-6-8-11-26)38(23-27-12-9-13-28(36)20-27)34(40)24-39(29-16-19-32(44-3)33(22-29)45-4)46(42,43)30-17-14-25(2)15-18-30/h6-20,22,31H,5,21,23-24H2,1-4H3,(H,37,41). The molecule has 0 fully saturated rings. The van der Waals surface area contributed by atoms with Gasteiger partial charge < -0.3 is 19.7 Å². The lowest BCUT2D eigenvalue weighted by molar-refractivity contribution is -0.140. The van der Waals surface area contributed by atoms with Gasteiger partial charge in [-0.1, -0.05) is 76.1 Å². The van der Waals surface area contributed by atoms with Crippen LogP contribution >= 0.6 is 15.9 Å². The second-order valence-corrected chi connectivity index (χ2v) is 13.4. The number of nitrogens with zero attached hydrogens (tertiary/aromatic N) is 2. The summed E-state index contributed by atoms with van der Waals surface area (Å²) in [7, 11) is -1.32. The quantitative estimate of drug-likeness (QED) is 0.179. The van der Waals surface area contributed by atoms with Crippen LogP contribution in [0, 0.1) is 6.92 Å². The average Bonchev–Trinajstić information content (AvgIpc) is 3.05. The van der Waals surface area contributed by atoms with Gasteiger partial charge in [0.2, 0.25) is 11.8 Å². The van der Waals surface area contributed by atoms with E-state index in [-0.39, 0.29) is 29.5 Å². The average molecular weight is 709 g/mol. The van der Waals surface area contributed by atoms with Crippen LogP contribution in [-0.4, -0.2) is 58.5 Å². The highest BCUT2D eigenvalue weighted by atomic mass is 79.9. The first kappa shape index (κ1) is 34.5. The molecule has 9 nitrogen and oxygen atoms in total. The molecule has 1 N–H and O–H groups in total. The van der Waals surface area contributed by atoms with Crippen LogP contribution in [0.4, 0.5) is 5.69 Å². The molecule has 46 heavy (non-hydrogen) atoms. The summed E-state index contributed by atoms with van der Waals surface area (Å²) in [5.74, 6) is -0.195. The van der Waals surface area contributed by atoms with Gasteiger partial charge in [0, 0.05) is 30.0 Å². The van der Waals surface area contributed by atoms with Crippen LogP contribution in [-0.2, 0) is 32.6 Å². The number of anilines is 1. The molecule has 4 aromatic carbocycles. The van der Waals surface area contributed by atoms with Gasteiger partial charge in [0.1, 0.15) is 12.6 Å². The Hall–Kier alpha value is -4.35. The highest BCUT2D eigenvalue weighted by Crippen LogP contribution is 2.34. The summed E-state index contributed by atoms with van der Waals surface area (Å²) >= 11 is 3.49. The van der Waals surface area contributed by atoms with Crippen LogP contribution in [0.5, 0.6) is 11.5 Å². The Kier molecular flexibility index (Phi) is 11.8. The number of hydrogen-bond donors (Lipinski definition) is 1. The van der Waals surface area contributed by atoms with Gasteiger partial charge in [-0.05, 0) is 61.4 Å². The summed E-state index contributed by atoms with van der Waals surface area (Å²) in [6, 6.07) is 27.0. The van der Waals surface area contributed by atoms with Gasteiger partial charge in [-0.25, -0.2) is 8.42 Å². The zero-order valence-electron chi connectivity index (χ0n) is 26.3. The molecule has 0 saturated heterocycles. The summed E-state index contributed by atoms with van der Waals surface area (Å²) in [5, 5.41) is 2.87. The van der Waals surface area contributed by atoms with E-state index in [2.05, 4.69) is 21.2 Å². The Morgan fingerprint density at radius 2 is 1.52 bits per heavy atom. The number of sulfonamides is 1. The van der Waals surface area contributed by atoms with Crippen molar-refractivity contribution >= 4 is 43.5 Å². The van der Waals surface area contributed by atoms with Crippen molar-refractivity contribution in [1.29, 1.82) is 0 Å². The largest absolute Gasteiger partial charge is 0.493 e. The molecular weight excluding hydrogens is 670 g/mol. The first-order valence-electron chi connectivity index (χ1n) is 14.7. The van der Waals surface area contributed by atoms with Crippen molar-refractivity contribution in [3.05, 3.63) is 118 Å².